The predicted octanol–water partition coefficient (Wildman–Crippen LogP) is 9.13. The fourth-order valence-electron chi connectivity index (χ4n) is 5.90. The number of alkyl halides is 9. The lowest BCUT2D eigenvalue weighted by atomic mass is 9.91. The number of fused-ring (bicyclic) bond motifs is 1. The van der Waals surface area contributed by atoms with Gasteiger partial charge in [-0.3, -0.25) is 9.69 Å². The third-order valence-corrected chi connectivity index (χ3v) is 8.51. The van der Waals surface area contributed by atoms with E-state index in [1.165, 1.54) is 0 Å². The highest BCUT2D eigenvalue weighted by Gasteiger charge is 2.44. The molecule has 1 aliphatic rings. The van der Waals surface area contributed by atoms with Crippen LogP contribution >= 0.6 is 0 Å². The Kier molecular flexibility index (Phi) is 13.8. The predicted molar refractivity (Wildman–Crippen MR) is 176 cm³/mol. The van der Waals surface area contributed by atoms with Crippen LogP contribution in [0.25, 0.3) is 0 Å². The number of anilines is 2. The lowest BCUT2D eigenvalue weighted by molar-refractivity contribution is -0.143. The summed E-state index contributed by atoms with van der Waals surface area (Å²) in [6, 6.07) is 2.26. The SMILES string of the molecule is CC[C@@H]1C[C@@H](N(Cc2cc(C(F)(F)F)cc(C(F)(F)F)c2)c2ncc(OCCCC#N)cn2)c2nc(C(F)(F)F)ccc2N1C(=O)OCCCCCC(=O)O. The van der Waals surface area contributed by atoms with Crippen molar-refractivity contribution in [3.05, 3.63) is 70.8 Å². The maximum atomic E-state index is 14.1. The van der Waals surface area contributed by atoms with Crippen LogP contribution in [-0.4, -0.2) is 51.4 Å². The molecule has 1 aromatic carbocycles. The van der Waals surface area contributed by atoms with E-state index in [4.69, 9.17) is 19.8 Å². The van der Waals surface area contributed by atoms with Crippen LogP contribution in [0, 0.1) is 11.3 Å². The van der Waals surface area contributed by atoms with Crippen LogP contribution in [0.5, 0.6) is 5.75 Å². The van der Waals surface area contributed by atoms with Gasteiger partial charge < -0.3 is 19.5 Å². The zero-order valence-corrected chi connectivity index (χ0v) is 29.1. The Morgan fingerprint density at radius 1 is 0.927 bits per heavy atom. The first-order valence-corrected chi connectivity index (χ1v) is 17.0. The average molecular weight is 791 g/mol. The van der Waals surface area contributed by atoms with E-state index >= 15 is 0 Å². The monoisotopic (exact) mass is 790 g/mol. The quantitative estimate of drug-likeness (QED) is 0.117. The van der Waals surface area contributed by atoms with E-state index in [0.29, 0.717) is 37.5 Å². The van der Waals surface area contributed by atoms with Crippen molar-refractivity contribution in [2.75, 3.05) is 23.0 Å². The summed E-state index contributed by atoms with van der Waals surface area (Å²) >= 11 is 0. The molecule has 0 fully saturated rings. The van der Waals surface area contributed by atoms with Gasteiger partial charge in [-0.15, -0.1) is 0 Å². The van der Waals surface area contributed by atoms with Crippen LogP contribution in [0.4, 0.5) is 55.9 Å². The summed E-state index contributed by atoms with van der Waals surface area (Å²) < 4.78 is 136. The molecule has 20 heteroatoms. The summed E-state index contributed by atoms with van der Waals surface area (Å²) in [5, 5.41) is 17.6. The third-order valence-electron chi connectivity index (χ3n) is 8.51. The van der Waals surface area contributed by atoms with Crippen molar-refractivity contribution in [1.82, 2.24) is 15.0 Å². The van der Waals surface area contributed by atoms with Gasteiger partial charge in [-0.05, 0) is 74.4 Å². The molecule has 55 heavy (non-hydrogen) atoms. The first-order chi connectivity index (χ1) is 25.8. The molecule has 2 atom stereocenters. The van der Waals surface area contributed by atoms with Crippen molar-refractivity contribution in [3.8, 4) is 11.8 Å². The van der Waals surface area contributed by atoms with Crippen molar-refractivity contribution in [2.45, 2.75) is 95.4 Å². The lowest BCUT2D eigenvalue weighted by Gasteiger charge is -2.43. The fourth-order valence-corrected chi connectivity index (χ4v) is 5.90. The molecule has 11 nitrogen and oxygen atoms in total. The summed E-state index contributed by atoms with van der Waals surface area (Å²) in [6.45, 7) is 0.796. The van der Waals surface area contributed by atoms with Gasteiger partial charge >= 0.3 is 30.6 Å². The molecule has 1 amide bonds. The number of rotatable bonds is 15. The van der Waals surface area contributed by atoms with Crippen molar-refractivity contribution >= 4 is 23.7 Å². The molecule has 298 valence electrons. The minimum absolute atomic E-state index is 0.0569. The number of carboxylic acids is 1. The lowest BCUT2D eigenvalue weighted by Crippen LogP contribution is -2.48. The Morgan fingerprint density at radius 3 is 2.15 bits per heavy atom. The van der Waals surface area contributed by atoms with Gasteiger partial charge in [-0.25, -0.2) is 19.7 Å². The number of carbonyl (C=O) groups excluding carboxylic acids is 1. The molecule has 0 saturated carbocycles. The highest BCUT2D eigenvalue weighted by Crippen LogP contribution is 2.45. The highest BCUT2D eigenvalue weighted by molar-refractivity contribution is 5.90. The number of benzene rings is 1. The van der Waals surface area contributed by atoms with Gasteiger partial charge in [0.1, 0.15) is 5.69 Å². The molecule has 0 saturated heterocycles. The van der Waals surface area contributed by atoms with Gasteiger partial charge in [0.15, 0.2) is 5.75 Å². The Bertz CT molecular complexity index is 1800. The number of ether oxygens (including phenoxy) is 2. The Morgan fingerprint density at radius 2 is 1.58 bits per heavy atom. The highest BCUT2D eigenvalue weighted by atomic mass is 19.4. The second-order valence-electron chi connectivity index (χ2n) is 12.5. The van der Waals surface area contributed by atoms with Crippen molar-refractivity contribution in [1.29, 1.82) is 5.26 Å². The first-order valence-electron chi connectivity index (χ1n) is 17.0. The van der Waals surface area contributed by atoms with E-state index in [-0.39, 0.29) is 68.8 Å². The summed E-state index contributed by atoms with van der Waals surface area (Å²) in [4.78, 5) is 38.7. The standard InChI is InChI=1S/C35H35F9N6O5/c1-2-24-17-27(30-26(9-10-28(48-30)35(42,43)44)50(24)32(53)55-13-6-3-4-8-29(51)52)49(31-46-18-25(19-47-31)54-12-7-5-11-45)20-21-14-22(33(36,37)38)16-23(15-21)34(39,40)41/h9-10,14-16,18-19,24,27H,2-8,12-13,17,20H2,1H3,(H,51,52)/t24-,27-/m1/s1. The largest absolute Gasteiger partial charge is 0.490 e. The number of hydrogen-bond acceptors (Lipinski definition) is 9. The minimum atomic E-state index is -5.20. The number of carboxylic acid groups (broad SMARTS) is 1. The van der Waals surface area contributed by atoms with Gasteiger partial charge in [-0.2, -0.15) is 44.8 Å². The van der Waals surface area contributed by atoms with Crippen LogP contribution in [0.2, 0.25) is 0 Å². The molecule has 1 N–H and O–H groups in total. The van der Waals surface area contributed by atoms with Crippen molar-refractivity contribution in [2.24, 2.45) is 0 Å². The second kappa shape index (κ2) is 17.9. The second-order valence-corrected chi connectivity index (χ2v) is 12.5. The van der Waals surface area contributed by atoms with Gasteiger partial charge in [0.25, 0.3) is 0 Å². The van der Waals surface area contributed by atoms with Crippen LogP contribution in [0.3, 0.4) is 0 Å². The van der Waals surface area contributed by atoms with Crippen molar-refractivity contribution < 1.29 is 63.7 Å². The van der Waals surface area contributed by atoms with Gasteiger partial charge in [0, 0.05) is 25.4 Å². The molecule has 0 spiro atoms. The number of hydrogen-bond donors (Lipinski definition) is 1. The van der Waals surface area contributed by atoms with Crippen LogP contribution in [0.15, 0.2) is 42.7 Å². The molecular weight excluding hydrogens is 755 g/mol. The van der Waals surface area contributed by atoms with E-state index in [0.717, 1.165) is 28.3 Å². The molecule has 0 unspecified atom stereocenters. The molecule has 3 aromatic rings. The van der Waals surface area contributed by atoms with Gasteiger partial charge in [0.05, 0.1) is 60.2 Å². The number of unbranched alkanes of at least 4 members (excludes halogenated alkanes) is 3. The van der Waals surface area contributed by atoms with E-state index in [9.17, 15) is 49.1 Å². The van der Waals surface area contributed by atoms with E-state index < -0.39 is 77.3 Å². The Hall–Kier alpha value is -5.35. The fraction of sp³-hybridized carbons (Fsp3) is 0.486. The number of pyridine rings is 1. The number of nitrogens with zero attached hydrogens (tertiary/aromatic N) is 6. The molecule has 4 rings (SSSR count). The molecule has 3 heterocycles. The third kappa shape index (κ3) is 11.3. The van der Waals surface area contributed by atoms with E-state index in [1.54, 1.807) is 6.92 Å². The van der Waals surface area contributed by atoms with Gasteiger partial charge in [-0.1, -0.05) is 6.92 Å². The van der Waals surface area contributed by atoms with E-state index in [2.05, 4.69) is 15.0 Å². The summed E-state index contributed by atoms with van der Waals surface area (Å²) in [5.41, 5.74) is -5.73. The van der Waals surface area contributed by atoms with Crippen LogP contribution in [-0.2, 0) is 34.6 Å². The number of amides is 1. The molecule has 0 aliphatic carbocycles. The topological polar surface area (TPSA) is 142 Å². The number of halogens is 9. The summed E-state index contributed by atoms with van der Waals surface area (Å²) in [7, 11) is 0. The molecular formula is C35H35F9N6O5. The maximum Gasteiger partial charge on any atom is 0.433 e. The first kappa shape index (κ1) is 42.4. The molecule has 0 bridgehead atoms. The zero-order chi connectivity index (χ0) is 40.6. The summed E-state index contributed by atoms with van der Waals surface area (Å²) in [5.74, 6) is -1.24. The Labute approximate surface area is 308 Å². The normalized spacial score (nSPS) is 15.9. The Balaban J connectivity index is 1.83. The van der Waals surface area contributed by atoms with Gasteiger partial charge in [0.2, 0.25) is 5.95 Å². The molecule has 1 aliphatic heterocycles. The number of aromatic nitrogens is 3. The smallest absolute Gasteiger partial charge is 0.433 e. The molecule has 0 radical (unpaired) electrons. The van der Waals surface area contributed by atoms with Crippen LogP contribution in [0.1, 0.15) is 92.4 Å². The summed E-state index contributed by atoms with van der Waals surface area (Å²) in [6.07, 6.45) is -12.7. The van der Waals surface area contributed by atoms with Crippen LogP contribution < -0.4 is 14.5 Å². The van der Waals surface area contributed by atoms with Crippen molar-refractivity contribution in [3.63, 3.8) is 0 Å². The molecule has 2 aromatic heterocycles. The number of nitriles is 1. The zero-order valence-electron chi connectivity index (χ0n) is 29.1. The minimum Gasteiger partial charge on any atom is -0.490 e. The number of carbonyl (C=O) groups is 2. The van der Waals surface area contributed by atoms with E-state index in [1.807, 2.05) is 6.07 Å². The maximum absolute atomic E-state index is 14.1. The number of aliphatic carboxylic acids is 1. The average Bonchev–Trinajstić information content (AvgIpc) is 3.11.